The van der Waals surface area contributed by atoms with Crippen LogP contribution in [0.2, 0.25) is 0 Å². The molecule has 1 unspecified atom stereocenters. The summed E-state index contributed by atoms with van der Waals surface area (Å²) in [5.41, 5.74) is 2.68. The number of morpholine rings is 1. The number of rotatable bonds is 3. The van der Waals surface area contributed by atoms with Crippen molar-refractivity contribution < 1.29 is 9.53 Å². The van der Waals surface area contributed by atoms with Gasteiger partial charge in [0.1, 0.15) is 11.9 Å². The second kappa shape index (κ2) is 9.37. The van der Waals surface area contributed by atoms with Gasteiger partial charge in [-0.25, -0.2) is 4.68 Å². The molecule has 4 rings (SSSR count). The Morgan fingerprint density at radius 2 is 2.12 bits per heavy atom. The lowest BCUT2D eigenvalue weighted by molar-refractivity contribution is -0.128. The lowest BCUT2D eigenvalue weighted by Crippen LogP contribution is -2.45. The van der Waals surface area contributed by atoms with E-state index < -0.39 is 6.10 Å². The molecule has 6 nitrogen and oxygen atoms in total. The van der Waals surface area contributed by atoms with Crippen LogP contribution in [0.5, 0.6) is 0 Å². The predicted octanol–water partition coefficient (Wildman–Crippen LogP) is 2.58. The van der Waals surface area contributed by atoms with Crippen molar-refractivity contribution in [1.82, 2.24) is 15.1 Å². The zero-order valence-electron chi connectivity index (χ0n) is 14.4. The Kier molecular flexibility index (Phi) is 7.46. The van der Waals surface area contributed by atoms with Gasteiger partial charge in [0.25, 0.3) is 5.91 Å². The molecule has 0 bridgehead atoms. The van der Waals surface area contributed by atoms with Gasteiger partial charge in [-0.3, -0.25) is 4.79 Å². The van der Waals surface area contributed by atoms with Gasteiger partial charge < -0.3 is 15.4 Å². The van der Waals surface area contributed by atoms with Crippen molar-refractivity contribution in [2.24, 2.45) is 0 Å². The number of nitrogens with zero attached hydrogens (tertiary/aromatic N) is 2. The van der Waals surface area contributed by atoms with Gasteiger partial charge in [0.05, 0.1) is 18.8 Å². The molecule has 2 atom stereocenters. The summed E-state index contributed by atoms with van der Waals surface area (Å²) in [5, 5.41) is 10.6. The molecular formula is C18H24Cl2N4O2. The number of carbonyl (C=O) groups excluding carboxylic acids is 1. The first-order chi connectivity index (χ1) is 11.8. The topological polar surface area (TPSA) is 68.2 Å². The molecule has 1 aromatic heterocycles. The zero-order valence-corrected chi connectivity index (χ0v) is 16.0. The summed E-state index contributed by atoms with van der Waals surface area (Å²) in [6, 6.07) is 10.5. The highest BCUT2D eigenvalue weighted by atomic mass is 35.5. The quantitative estimate of drug-likeness (QED) is 0.833. The van der Waals surface area contributed by atoms with Gasteiger partial charge in [0.2, 0.25) is 0 Å². The minimum absolute atomic E-state index is 0. The lowest BCUT2D eigenvalue weighted by Gasteiger charge is -2.28. The van der Waals surface area contributed by atoms with Crippen LogP contribution in [0.3, 0.4) is 0 Å². The van der Waals surface area contributed by atoms with E-state index in [1.165, 1.54) is 11.1 Å². The van der Waals surface area contributed by atoms with Crippen molar-refractivity contribution in [3.05, 3.63) is 47.7 Å². The van der Waals surface area contributed by atoms with Crippen LogP contribution in [-0.2, 0) is 16.0 Å². The molecule has 2 aliphatic rings. The van der Waals surface area contributed by atoms with Gasteiger partial charge in [-0.1, -0.05) is 24.3 Å². The highest BCUT2D eigenvalue weighted by Crippen LogP contribution is 2.34. The Bertz CT molecular complexity index is 731. The number of aromatic nitrogens is 2. The van der Waals surface area contributed by atoms with Crippen LogP contribution in [-0.4, -0.2) is 41.5 Å². The number of halogens is 2. The van der Waals surface area contributed by atoms with Crippen LogP contribution in [0.25, 0.3) is 0 Å². The molecule has 142 valence electrons. The maximum absolute atomic E-state index is 12.4. The van der Waals surface area contributed by atoms with E-state index in [1.54, 1.807) is 6.20 Å². The molecule has 1 aliphatic heterocycles. The molecule has 1 aromatic carbocycles. The number of carbonyl (C=O) groups is 1. The second-order valence-corrected chi connectivity index (χ2v) is 6.32. The normalized spacial score (nSPS) is 21.7. The van der Waals surface area contributed by atoms with Crippen LogP contribution in [0.1, 0.15) is 30.0 Å². The van der Waals surface area contributed by atoms with E-state index in [-0.39, 0.29) is 36.8 Å². The Morgan fingerprint density at radius 3 is 2.92 bits per heavy atom. The van der Waals surface area contributed by atoms with E-state index in [4.69, 9.17) is 4.74 Å². The molecule has 2 aromatic rings. The lowest BCUT2D eigenvalue weighted by atomic mass is 9.88. The molecule has 26 heavy (non-hydrogen) atoms. The highest BCUT2D eigenvalue weighted by Gasteiger charge is 2.26. The number of amides is 1. The SMILES string of the molecule is Cl.Cl.O=C(Nc1ccnn1C1CCCc2ccccc21)[C@H]1CNCCO1. The van der Waals surface area contributed by atoms with Crippen LogP contribution < -0.4 is 10.6 Å². The second-order valence-electron chi connectivity index (χ2n) is 6.32. The average Bonchev–Trinajstić information content (AvgIpc) is 3.10. The van der Waals surface area contributed by atoms with Gasteiger partial charge in [-0.2, -0.15) is 5.10 Å². The summed E-state index contributed by atoms with van der Waals surface area (Å²) < 4.78 is 7.46. The van der Waals surface area contributed by atoms with Crippen molar-refractivity contribution in [1.29, 1.82) is 0 Å². The van der Waals surface area contributed by atoms with Gasteiger partial charge in [-0.15, -0.1) is 24.8 Å². The average molecular weight is 399 g/mol. The molecule has 2 N–H and O–H groups in total. The van der Waals surface area contributed by atoms with Gasteiger partial charge >= 0.3 is 0 Å². The molecule has 8 heteroatoms. The zero-order chi connectivity index (χ0) is 16.4. The largest absolute Gasteiger partial charge is 0.366 e. The fourth-order valence-corrected chi connectivity index (χ4v) is 3.58. The van der Waals surface area contributed by atoms with Gasteiger partial charge in [0, 0.05) is 19.2 Å². The monoisotopic (exact) mass is 398 g/mol. The van der Waals surface area contributed by atoms with Gasteiger partial charge in [0.15, 0.2) is 0 Å². The number of anilines is 1. The molecular weight excluding hydrogens is 375 g/mol. The number of aryl methyl sites for hydroxylation is 1. The number of benzene rings is 1. The summed E-state index contributed by atoms with van der Waals surface area (Å²) in [4.78, 5) is 12.4. The van der Waals surface area contributed by atoms with E-state index in [2.05, 4.69) is 40.0 Å². The maximum atomic E-state index is 12.4. The predicted molar refractivity (Wildman–Crippen MR) is 105 cm³/mol. The van der Waals surface area contributed by atoms with Crippen LogP contribution in [0.15, 0.2) is 36.5 Å². The summed E-state index contributed by atoms with van der Waals surface area (Å²) in [5.74, 6) is 0.615. The van der Waals surface area contributed by atoms with Crippen molar-refractivity contribution in [3.8, 4) is 0 Å². The van der Waals surface area contributed by atoms with E-state index in [0.717, 1.165) is 31.6 Å². The van der Waals surface area contributed by atoms with Gasteiger partial charge in [-0.05, 0) is 30.4 Å². The van der Waals surface area contributed by atoms with E-state index in [1.807, 2.05) is 10.7 Å². The molecule has 2 heterocycles. The number of nitrogens with one attached hydrogen (secondary N) is 2. The van der Waals surface area contributed by atoms with Crippen molar-refractivity contribution in [3.63, 3.8) is 0 Å². The van der Waals surface area contributed by atoms with Crippen LogP contribution in [0, 0.1) is 0 Å². The van der Waals surface area contributed by atoms with Crippen molar-refractivity contribution in [2.75, 3.05) is 25.0 Å². The number of hydrogen-bond donors (Lipinski definition) is 2. The fraction of sp³-hybridized carbons (Fsp3) is 0.444. The third-order valence-corrected chi connectivity index (χ3v) is 4.77. The highest BCUT2D eigenvalue weighted by molar-refractivity contribution is 5.93. The first kappa shape index (κ1) is 20.7. The molecule has 0 spiro atoms. The van der Waals surface area contributed by atoms with E-state index in [0.29, 0.717) is 13.2 Å². The smallest absolute Gasteiger partial charge is 0.255 e. The molecule has 1 saturated heterocycles. The third-order valence-electron chi connectivity index (χ3n) is 4.77. The Labute approximate surface area is 165 Å². The molecule has 1 fully saturated rings. The Balaban J connectivity index is 0.00000121. The molecule has 0 radical (unpaired) electrons. The summed E-state index contributed by atoms with van der Waals surface area (Å²) in [6.07, 6.45) is 4.57. The van der Waals surface area contributed by atoms with E-state index in [9.17, 15) is 4.79 Å². The first-order valence-electron chi connectivity index (χ1n) is 8.57. The number of hydrogen-bond acceptors (Lipinski definition) is 4. The minimum atomic E-state index is -0.444. The molecule has 1 amide bonds. The maximum Gasteiger partial charge on any atom is 0.255 e. The fourth-order valence-electron chi connectivity index (χ4n) is 3.58. The summed E-state index contributed by atoms with van der Waals surface area (Å²) in [7, 11) is 0. The van der Waals surface area contributed by atoms with E-state index >= 15 is 0 Å². The molecule has 1 aliphatic carbocycles. The first-order valence-corrected chi connectivity index (χ1v) is 8.57. The van der Waals surface area contributed by atoms with Crippen molar-refractivity contribution >= 4 is 36.5 Å². The minimum Gasteiger partial charge on any atom is -0.366 e. The Hall–Kier alpha value is -1.60. The molecule has 0 saturated carbocycles. The van der Waals surface area contributed by atoms with Crippen LogP contribution in [0.4, 0.5) is 5.82 Å². The third kappa shape index (κ3) is 4.20. The van der Waals surface area contributed by atoms with Crippen LogP contribution >= 0.6 is 24.8 Å². The Morgan fingerprint density at radius 1 is 1.27 bits per heavy atom. The van der Waals surface area contributed by atoms with Crippen molar-refractivity contribution in [2.45, 2.75) is 31.4 Å². The summed E-state index contributed by atoms with van der Waals surface area (Å²) >= 11 is 0. The number of fused-ring (bicyclic) bond motifs is 1. The standard InChI is InChI=1S/C18H22N4O2.2ClH/c23-18(16-12-19-10-11-24-16)21-17-8-9-20-22(17)15-7-3-5-13-4-1-2-6-14(13)15;;/h1-2,4,6,8-9,15-16,19H,3,5,7,10-12H2,(H,21,23);2*1H/t15?,16-;;/m1../s1. The number of ether oxygens (including phenoxy) is 1. The summed E-state index contributed by atoms with van der Waals surface area (Å²) in [6.45, 7) is 1.90.